The van der Waals surface area contributed by atoms with Gasteiger partial charge in [0.15, 0.2) is 5.71 Å². The van der Waals surface area contributed by atoms with Gasteiger partial charge in [0.05, 0.1) is 21.8 Å². The molecule has 1 atom stereocenters. The maximum atomic E-state index is 12.4. The van der Waals surface area contributed by atoms with Gasteiger partial charge in [-0.15, -0.1) is 5.06 Å². The summed E-state index contributed by atoms with van der Waals surface area (Å²) in [6.07, 6.45) is 13.4. The first-order valence-corrected chi connectivity index (χ1v) is 24.9. The maximum Gasteiger partial charge on any atom is 0.333 e. The molecule has 2 aromatic rings. The fourth-order valence-electron chi connectivity index (χ4n) is 8.27. The molecule has 0 bridgehead atoms. The van der Waals surface area contributed by atoms with E-state index in [4.69, 9.17) is 4.84 Å². The molecule has 0 aliphatic carbocycles. The van der Waals surface area contributed by atoms with Gasteiger partial charge in [-0.25, -0.2) is 4.79 Å². The second-order valence-corrected chi connectivity index (χ2v) is 20.8. The van der Waals surface area contributed by atoms with Gasteiger partial charge in [0, 0.05) is 66.7 Å². The lowest BCUT2D eigenvalue weighted by Gasteiger charge is -2.30. The van der Waals surface area contributed by atoms with E-state index in [1.54, 1.807) is 6.07 Å². The van der Waals surface area contributed by atoms with Crippen molar-refractivity contribution in [2.24, 2.45) is 0 Å². The number of amides is 2. The average molecular weight is 905 g/mol. The lowest BCUT2D eigenvalue weighted by Crippen LogP contribution is -2.32. The summed E-state index contributed by atoms with van der Waals surface area (Å²) >= 11 is 0. The van der Waals surface area contributed by atoms with Crippen molar-refractivity contribution in [1.82, 2.24) is 5.06 Å². The number of hydrogen-bond donors (Lipinski definition) is 3. The van der Waals surface area contributed by atoms with Crippen LogP contribution in [0.3, 0.4) is 0 Å². The van der Waals surface area contributed by atoms with Crippen LogP contribution in [0.2, 0.25) is 0 Å². The summed E-state index contributed by atoms with van der Waals surface area (Å²) in [7, 11) is -12.8. The molecule has 5 rings (SSSR count). The Labute approximate surface area is 357 Å². The molecule has 3 N–H and O–H groups in total. The van der Waals surface area contributed by atoms with E-state index < -0.39 is 64.7 Å². The van der Waals surface area contributed by atoms with Crippen LogP contribution in [-0.4, -0.2) is 96.6 Å². The highest BCUT2D eigenvalue weighted by Gasteiger charge is 2.45. The molecule has 0 saturated carbocycles. The summed E-state index contributed by atoms with van der Waals surface area (Å²) in [6.45, 7) is 6.81. The Kier molecular flexibility index (Phi) is 15.0. The molecule has 61 heavy (non-hydrogen) atoms. The summed E-state index contributed by atoms with van der Waals surface area (Å²) in [5.41, 5.74) is 3.90. The minimum atomic E-state index is -4.49. The van der Waals surface area contributed by atoms with Gasteiger partial charge in [-0.1, -0.05) is 49.3 Å². The normalized spacial score (nSPS) is 19.9. The summed E-state index contributed by atoms with van der Waals surface area (Å²) in [5.74, 6) is -2.48. The van der Waals surface area contributed by atoms with Gasteiger partial charge in [0.2, 0.25) is 5.69 Å². The number of fused-ring (bicyclic) bond motifs is 2. The number of allylic oxidation sites excluding steroid dienone is 6. The highest BCUT2D eigenvalue weighted by molar-refractivity contribution is 7.86. The molecule has 0 radical (unpaired) electrons. The van der Waals surface area contributed by atoms with Crippen molar-refractivity contribution in [3.05, 3.63) is 89.7 Å². The summed E-state index contributed by atoms with van der Waals surface area (Å²) < 4.78 is 100. The second kappa shape index (κ2) is 19.2. The number of unbranched alkanes of at least 4 members (excludes halogenated alkanes) is 4. The minimum Gasteiger partial charge on any atom is -0.344 e. The SMILES string of the molecule is CC1(C)C(C=CC=CC=C2N(CCCCS(=O)(=O)O)c3ccccc3C2(C)CCCCCC(=O)ON2C(=O)CCC2=O)=[N+](CCCCS(=O)(=O)O)c2ccc(S(=O)(=O)O)cc21. The largest absolute Gasteiger partial charge is 0.344 e. The van der Waals surface area contributed by atoms with Gasteiger partial charge in [0.1, 0.15) is 6.54 Å². The Morgan fingerprint density at radius 1 is 0.787 bits per heavy atom. The van der Waals surface area contributed by atoms with Crippen LogP contribution in [-0.2, 0) is 60.4 Å². The molecule has 0 spiro atoms. The van der Waals surface area contributed by atoms with Gasteiger partial charge in [-0.05, 0) is 82.7 Å². The molecule has 1 unspecified atom stereocenters. The lowest BCUT2D eigenvalue weighted by molar-refractivity contribution is -0.438. The average Bonchev–Trinajstić information content (AvgIpc) is 3.69. The minimum absolute atomic E-state index is 0.0167. The second-order valence-electron chi connectivity index (χ2n) is 16.2. The number of para-hydroxylation sites is 1. The van der Waals surface area contributed by atoms with Gasteiger partial charge in [-0.2, -0.15) is 29.8 Å². The van der Waals surface area contributed by atoms with Gasteiger partial charge >= 0.3 is 5.97 Å². The Hall–Kier alpha value is -4.53. The van der Waals surface area contributed by atoms with Crippen molar-refractivity contribution >= 4 is 65.2 Å². The number of hydroxylamine groups is 2. The molecule has 3 aliphatic heterocycles. The first-order valence-electron chi connectivity index (χ1n) is 20.2. The van der Waals surface area contributed by atoms with E-state index in [1.807, 2.05) is 67.0 Å². The third-order valence-electron chi connectivity index (χ3n) is 11.4. The Morgan fingerprint density at radius 2 is 1.44 bits per heavy atom. The molecule has 3 aliphatic rings. The first kappa shape index (κ1) is 47.5. The molecule has 16 nitrogen and oxygen atoms in total. The Balaban J connectivity index is 1.39. The van der Waals surface area contributed by atoms with Crippen LogP contribution in [0.5, 0.6) is 0 Å². The number of benzene rings is 2. The topological polar surface area (TPSA) is 233 Å². The van der Waals surface area contributed by atoms with E-state index >= 15 is 0 Å². The van der Waals surface area contributed by atoms with Crippen molar-refractivity contribution in [2.75, 3.05) is 29.5 Å². The fourth-order valence-corrected chi connectivity index (χ4v) is 9.92. The number of anilines is 1. The highest BCUT2D eigenvalue weighted by atomic mass is 32.2. The molecule has 2 aromatic carbocycles. The lowest BCUT2D eigenvalue weighted by atomic mass is 9.77. The monoisotopic (exact) mass is 904 g/mol. The zero-order valence-electron chi connectivity index (χ0n) is 34.5. The molecule has 1 fully saturated rings. The van der Waals surface area contributed by atoms with E-state index in [2.05, 4.69) is 17.9 Å². The maximum absolute atomic E-state index is 12.4. The van der Waals surface area contributed by atoms with Crippen molar-refractivity contribution in [2.45, 2.75) is 107 Å². The third kappa shape index (κ3) is 11.9. The Morgan fingerprint density at radius 3 is 2.10 bits per heavy atom. The van der Waals surface area contributed by atoms with Gasteiger partial charge in [0.25, 0.3) is 42.2 Å². The molecule has 3 heterocycles. The van der Waals surface area contributed by atoms with E-state index in [-0.39, 0.29) is 42.8 Å². The number of nitrogens with zero attached hydrogens (tertiary/aromatic N) is 3. The van der Waals surface area contributed by atoms with Crippen LogP contribution in [0.4, 0.5) is 11.4 Å². The van der Waals surface area contributed by atoms with Crippen molar-refractivity contribution in [1.29, 1.82) is 0 Å². The molecular weight excluding hydrogens is 851 g/mol. The predicted molar refractivity (Wildman–Crippen MR) is 228 cm³/mol. The van der Waals surface area contributed by atoms with E-state index in [1.165, 1.54) is 12.1 Å². The molecule has 1 saturated heterocycles. The summed E-state index contributed by atoms with van der Waals surface area (Å²) in [5, 5.41) is 0.546. The highest BCUT2D eigenvalue weighted by Crippen LogP contribution is 2.51. The standard InChI is InChI=1S/C42H53N3O13S3/c1-41(2)33-30-31(61(55,56)57)21-22-35(33)43(26-12-14-28-59(49,50)51)36(41)18-6-4-7-19-37-42(3,25-11-5-8-20-40(48)58-45-38(46)23-24-39(45)47)32-16-9-10-17-34(32)44(37)27-13-15-29-60(52,53)54/h4,6-7,9-10,16-19,21-22,30H,5,8,11-15,20,23-29H2,1-3H3,(H2-,49,50,51,52,53,54,55,56,57)/p+1. The quantitative estimate of drug-likeness (QED) is 0.0430. The molecule has 332 valence electrons. The zero-order valence-corrected chi connectivity index (χ0v) is 37.0. The summed E-state index contributed by atoms with van der Waals surface area (Å²) in [6, 6.07) is 12.3. The number of rotatable bonds is 21. The Bertz CT molecular complexity index is 2480. The van der Waals surface area contributed by atoms with Gasteiger partial charge in [-0.3, -0.25) is 23.2 Å². The molecular formula is C42H54N3O13S3+. The van der Waals surface area contributed by atoms with Crippen molar-refractivity contribution in [3.8, 4) is 0 Å². The molecule has 19 heteroatoms. The fraction of sp³-hybridized carbons (Fsp3) is 0.476. The number of hydrogen-bond acceptors (Lipinski definition) is 11. The number of carbonyl (C=O) groups excluding carboxylic acids is 3. The molecule has 0 aromatic heterocycles. The number of imide groups is 1. The molecule has 2 amide bonds. The van der Waals surface area contributed by atoms with E-state index in [0.717, 1.165) is 22.7 Å². The number of carbonyl (C=O) groups is 3. The van der Waals surface area contributed by atoms with Crippen LogP contribution in [0.1, 0.15) is 103 Å². The van der Waals surface area contributed by atoms with Crippen molar-refractivity contribution in [3.63, 3.8) is 0 Å². The predicted octanol–water partition coefficient (Wildman–Crippen LogP) is 5.98. The first-order chi connectivity index (χ1) is 28.5. The van der Waals surface area contributed by atoms with Crippen LogP contribution >= 0.6 is 0 Å². The van der Waals surface area contributed by atoms with Crippen LogP contribution in [0.25, 0.3) is 0 Å². The summed E-state index contributed by atoms with van der Waals surface area (Å²) in [4.78, 5) is 43.0. The zero-order chi connectivity index (χ0) is 44.8. The van der Waals surface area contributed by atoms with Gasteiger partial charge < -0.3 is 9.74 Å². The van der Waals surface area contributed by atoms with Crippen LogP contribution in [0, 0.1) is 0 Å². The third-order valence-corrected chi connectivity index (χ3v) is 13.8. The smallest absolute Gasteiger partial charge is 0.333 e. The van der Waals surface area contributed by atoms with Crippen molar-refractivity contribution < 1.29 is 62.7 Å². The van der Waals surface area contributed by atoms with E-state index in [0.29, 0.717) is 67.9 Å². The van der Waals surface area contributed by atoms with Crippen LogP contribution in [0.15, 0.2) is 83.4 Å². The van der Waals surface area contributed by atoms with E-state index in [9.17, 15) is 53.3 Å². The van der Waals surface area contributed by atoms with Crippen LogP contribution < -0.4 is 4.90 Å².